The Morgan fingerprint density at radius 3 is 2.75 bits per heavy atom. The SMILES string of the molecule is C[C@@H]1COCC2COc3c(nc(Nc4ncn[nH]4)nc3C(C)(C)S(C)(=O)=O)N21. The Balaban J connectivity index is 1.89. The Labute approximate surface area is 162 Å². The number of sulfone groups is 1. The number of nitrogens with one attached hydrogen (secondary N) is 2. The first kappa shape index (κ1) is 18.9. The monoisotopic (exact) mass is 409 g/mol. The third-order valence-electron chi connectivity index (χ3n) is 5.19. The standard InChI is InChI=1S/C16H23N7O4S/c1-9-5-26-6-10-7-27-11-12(16(2,3)28(4,24)25)19-15(20-13(11)23(9)10)21-14-17-8-18-22-14/h8-10H,5-7H2,1-4H3,(H2,17,18,19,20,21,22)/t9-,10?/m1/s1. The molecule has 2 atom stereocenters. The molecule has 0 spiro atoms. The molecule has 0 radical (unpaired) electrons. The van der Waals surface area contributed by atoms with Crippen molar-refractivity contribution < 1.29 is 17.9 Å². The van der Waals surface area contributed by atoms with Gasteiger partial charge < -0.3 is 14.4 Å². The zero-order chi connectivity index (χ0) is 20.1. The lowest BCUT2D eigenvalue weighted by Crippen LogP contribution is -2.56. The second kappa shape index (κ2) is 6.55. The second-order valence-electron chi connectivity index (χ2n) is 7.55. The molecule has 4 rings (SSSR count). The highest BCUT2D eigenvalue weighted by atomic mass is 32.2. The van der Waals surface area contributed by atoms with Crippen LogP contribution in [0.2, 0.25) is 0 Å². The largest absolute Gasteiger partial charge is 0.486 e. The van der Waals surface area contributed by atoms with Crippen LogP contribution in [0.1, 0.15) is 26.5 Å². The summed E-state index contributed by atoms with van der Waals surface area (Å²) in [6.07, 6.45) is 2.54. The number of hydrogen-bond donors (Lipinski definition) is 2. The molecular formula is C16H23N7O4S. The number of aromatic amines is 1. The molecule has 2 N–H and O–H groups in total. The van der Waals surface area contributed by atoms with Crippen molar-refractivity contribution in [1.29, 1.82) is 0 Å². The molecule has 2 aliphatic rings. The van der Waals surface area contributed by atoms with Gasteiger partial charge in [-0.15, -0.1) is 0 Å². The van der Waals surface area contributed by atoms with Crippen LogP contribution in [0.3, 0.4) is 0 Å². The van der Waals surface area contributed by atoms with Gasteiger partial charge in [0.2, 0.25) is 11.9 Å². The molecule has 0 aromatic carbocycles. The fourth-order valence-electron chi connectivity index (χ4n) is 3.34. The molecule has 12 heteroatoms. The van der Waals surface area contributed by atoms with Gasteiger partial charge in [0.25, 0.3) is 0 Å². The van der Waals surface area contributed by atoms with Crippen molar-refractivity contribution in [2.75, 3.05) is 36.3 Å². The Hall–Kier alpha value is -2.47. The summed E-state index contributed by atoms with van der Waals surface area (Å²) in [7, 11) is -3.49. The Morgan fingerprint density at radius 1 is 1.29 bits per heavy atom. The Kier molecular flexibility index (Phi) is 4.42. The number of morpholine rings is 1. The smallest absolute Gasteiger partial charge is 0.232 e. The van der Waals surface area contributed by atoms with Crippen LogP contribution in [0.5, 0.6) is 5.75 Å². The first-order chi connectivity index (χ1) is 13.2. The average molecular weight is 409 g/mol. The third kappa shape index (κ3) is 3.05. The van der Waals surface area contributed by atoms with Crippen molar-refractivity contribution in [3.8, 4) is 5.75 Å². The molecule has 1 saturated heterocycles. The lowest BCUT2D eigenvalue weighted by Gasteiger charge is -2.45. The first-order valence-corrected chi connectivity index (χ1v) is 10.8. The molecule has 0 saturated carbocycles. The highest BCUT2D eigenvalue weighted by Crippen LogP contribution is 2.44. The fourth-order valence-corrected chi connectivity index (χ4v) is 3.83. The predicted molar refractivity (Wildman–Crippen MR) is 102 cm³/mol. The van der Waals surface area contributed by atoms with Crippen molar-refractivity contribution in [3.05, 3.63) is 12.0 Å². The van der Waals surface area contributed by atoms with Gasteiger partial charge in [-0.2, -0.15) is 15.1 Å². The van der Waals surface area contributed by atoms with Crippen molar-refractivity contribution in [2.45, 2.75) is 37.6 Å². The summed E-state index contributed by atoms with van der Waals surface area (Å²) in [4.78, 5) is 15.3. The average Bonchev–Trinajstić information content (AvgIpc) is 3.13. The zero-order valence-corrected chi connectivity index (χ0v) is 16.9. The van der Waals surface area contributed by atoms with Crippen LogP contribution in [0.4, 0.5) is 17.7 Å². The summed E-state index contributed by atoms with van der Waals surface area (Å²) in [5, 5.41) is 9.42. The molecule has 0 aliphatic carbocycles. The number of H-pyrrole nitrogens is 1. The number of anilines is 3. The van der Waals surface area contributed by atoms with Gasteiger partial charge in [-0.1, -0.05) is 0 Å². The number of aromatic nitrogens is 5. The van der Waals surface area contributed by atoms with Gasteiger partial charge in [0.1, 0.15) is 23.4 Å². The molecule has 2 aromatic rings. The quantitative estimate of drug-likeness (QED) is 0.739. The minimum absolute atomic E-state index is 0.00141. The topological polar surface area (TPSA) is 135 Å². The van der Waals surface area contributed by atoms with Crippen molar-refractivity contribution >= 4 is 27.6 Å². The van der Waals surface area contributed by atoms with E-state index in [-0.39, 0.29) is 18.0 Å². The fraction of sp³-hybridized carbons (Fsp3) is 0.625. The van der Waals surface area contributed by atoms with E-state index in [1.54, 1.807) is 13.8 Å². The van der Waals surface area contributed by atoms with Crippen LogP contribution in [0.25, 0.3) is 0 Å². The van der Waals surface area contributed by atoms with Gasteiger partial charge in [0.05, 0.1) is 25.3 Å². The molecule has 11 nitrogen and oxygen atoms in total. The van der Waals surface area contributed by atoms with E-state index in [0.717, 1.165) is 0 Å². The van der Waals surface area contributed by atoms with Crippen molar-refractivity contribution in [3.63, 3.8) is 0 Å². The van der Waals surface area contributed by atoms with Crippen LogP contribution < -0.4 is 15.0 Å². The van der Waals surface area contributed by atoms with Crippen LogP contribution in [0, 0.1) is 0 Å². The maximum atomic E-state index is 12.5. The van der Waals surface area contributed by atoms with Crippen molar-refractivity contribution in [1.82, 2.24) is 25.1 Å². The van der Waals surface area contributed by atoms with E-state index in [1.165, 1.54) is 12.6 Å². The summed E-state index contributed by atoms with van der Waals surface area (Å²) in [6, 6.07) is 0.0575. The van der Waals surface area contributed by atoms with Gasteiger partial charge in [0.15, 0.2) is 21.4 Å². The zero-order valence-electron chi connectivity index (χ0n) is 16.1. The molecule has 28 heavy (non-hydrogen) atoms. The van der Waals surface area contributed by atoms with Gasteiger partial charge >= 0.3 is 0 Å². The van der Waals surface area contributed by atoms with E-state index < -0.39 is 14.6 Å². The highest BCUT2D eigenvalue weighted by Gasteiger charge is 2.43. The van der Waals surface area contributed by atoms with Crippen LogP contribution in [-0.2, 0) is 19.3 Å². The van der Waals surface area contributed by atoms with Crippen LogP contribution in [-0.4, -0.2) is 71.7 Å². The molecule has 0 bridgehead atoms. The number of hydrogen-bond acceptors (Lipinski definition) is 10. The molecular weight excluding hydrogens is 386 g/mol. The van der Waals surface area contributed by atoms with Gasteiger partial charge in [-0.05, 0) is 20.8 Å². The molecule has 2 aliphatic heterocycles. The lowest BCUT2D eigenvalue weighted by atomic mass is 10.0. The lowest BCUT2D eigenvalue weighted by molar-refractivity contribution is 0.0482. The van der Waals surface area contributed by atoms with E-state index in [1.807, 2.05) is 6.92 Å². The molecule has 4 heterocycles. The molecule has 0 amide bonds. The van der Waals surface area contributed by atoms with Gasteiger partial charge in [0, 0.05) is 6.26 Å². The second-order valence-corrected chi connectivity index (χ2v) is 10.1. The van der Waals surface area contributed by atoms with E-state index in [9.17, 15) is 8.42 Å². The van der Waals surface area contributed by atoms with Gasteiger partial charge in [-0.3, -0.25) is 5.32 Å². The molecule has 152 valence electrons. The van der Waals surface area contributed by atoms with Crippen molar-refractivity contribution in [2.24, 2.45) is 0 Å². The minimum Gasteiger partial charge on any atom is -0.486 e. The van der Waals surface area contributed by atoms with Crippen LogP contribution >= 0.6 is 0 Å². The molecule has 1 fully saturated rings. The maximum absolute atomic E-state index is 12.5. The van der Waals surface area contributed by atoms with E-state index in [4.69, 9.17) is 9.47 Å². The first-order valence-electron chi connectivity index (χ1n) is 8.92. The predicted octanol–water partition coefficient (Wildman–Crippen LogP) is 0.604. The molecule has 1 unspecified atom stereocenters. The summed E-state index contributed by atoms with van der Waals surface area (Å²) in [5.74, 6) is 1.51. The van der Waals surface area contributed by atoms with E-state index in [0.29, 0.717) is 43.0 Å². The van der Waals surface area contributed by atoms with E-state index >= 15 is 0 Å². The van der Waals surface area contributed by atoms with Gasteiger partial charge in [-0.25, -0.2) is 18.5 Å². The summed E-state index contributed by atoms with van der Waals surface area (Å²) < 4.78 is 35.4. The van der Waals surface area contributed by atoms with E-state index in [2.05, 4.69) is 35.4 Å². The summed E-state index contributed by atoms with van der Waals surface area (Å²) >= 11 is 0. The third-order valence-corrected chi connectivity index (χ3v) is 7.24. The summed E-state index contributed by atoms with van der Waals surface area (Å²) in [5.41, 5.74) is 0.305. The normalized spacial score (nSPS) is 22.2. The highest BCUT2D eigenvalue weighted by molar-refractivity contribution is 7.91. The Morgan fingerprint density at radius 2 is 2.07 bits per heavy atom. The molecule has 2 aromatic heterocycles. The Bertz CT molecular complexity index is 977. The number of fused-ring (bicyclic) bond motifs is 3. The number of rotatable bonds is 4. The number of nitrogens with zero attached hydrogens (tertiary/aromatic N) is 5. The minimum atomic E-state index is -3.49. The maximum Gasteiger partial charge on any atom is 0.232 e. The summed E-state index contributed by atoms with van der Waals surface area (Å²) in [6.45, 7) is 6.71. The number of ether oxygens (including phenoxy) is 2. The van der Waals surface area contributed by atoms with Crippen LogP contribution in [0.15, 0.2) is 6.33 Å².